The van der Waals surface area contributed by atoms with E-state index in [1.54, 1.807) is 30.0 Å². The monoisotopic (exact) mass is 426 g/mol. The van der Waals surface area contributed by atoms with E-state index in [0.717, 1.165) is 18.4 Å². The Morgan fingerprint density at radius 3 is 2.81 bits per heavy atom. The largest absolute Gasteiger partial charge is 0.479 e. The van der Waals surface area contributed by atoms with Gasteiger partial charge >= 0.3 is 0 Å². The molecular weight excluding hydrogens is 399 g/mol. The van der Waals surface area contributed by atoms with Crippen molar-refractivity contribution >= 4 is 17.5 Å². The predicted molar refractivity (Wildman–Crippen MR) is 114 cm³/mol. The van der Waals surface area contributed by atoms with Crippen molar-refractivity contribution in [2.45, 2.75) is 45.4 Å². The van der Waals surface area contributed by atoms with Crippen LogP contribution in [0.15, 0.2) is 42.5 Å². The summed E-state index contributed by atoms with van der Waals surface area (Å²) < 4.78 is 25.7. The number of hydrogen-bond acceptors (Lipinski definition) is 4. The lowest BCUT2D eigenvalue weighted by atomic mass is 10.1. The molecule has 4 rings (SSSR count). The summed E-state index contributed by atoms with van der Waals surface area (Å²) in [5.74, 6) is -0.307. The minimum absolute atomic E-state index is 0.0791. The lowest BCUT2D eigenvalue weighted by molar-refractivity contribution is -0.134. The molecule has 1 fully saturated rings. The Hall–Kier alpha value is -2.93. The third-order valence-electron chi connectivity index (χ3n) is 5.74. The average molecular weight is 426 g/mol. The number of aryl methyl sites for hydroxylation is 1. The maximum Gasteiger partial charge on any atom is 0.268 e. The average Bonchev–Trinajstić information content (AvgIpc) is 3.26. The second kappa shape index (κ2) is 9.06. The van der Waals surface area contributed by atoms with E-state index in [0.29, 0.717) is 30.2 Å². The van der Waals surface area contributed by atoms with Gasteiger partial charge in [0.2, 0.25) is 5.91 Å². The molecule has 0 N–H and O–H groups in total. The zero-order valence-corrected chi connectivity index (χ0v) is 17.8. The molecule has 164 valence electrons. The van der Waals surface area contributed by atoms with Crippen molar-refractivity contribution in [3.05, 3.63) is 59.4 Å². The summed E-state index contributed by atoms with van der Waals surface area (Å²) in [4.78, 5) is 29.3. The van der Waals surface area contributed by atoms with Crippen molar-refractivity contribution in [2.24, 2.45) is 0 Å². The maximum atomic E-state index is 14.3. The second-order valence-electron chi connectivity index (χ2n) is 8.16. The van der Waals surface area contributed by atoms with E-state index in [1.165, 1.54) is 11.0 Å². The third kappa shape index (κ3) is 4.71. The van der Waals surface area contributed by atoms with E-state index in [4.69, 9.17) is 9.47 Å². The predicted octanol–water partition coefficient (Wildman–Crippen LogP) is 3.46. The van der Waals surface area contributed by atoms with Crippen LogP contribution >= 0.6 is 0 Å². The number of carbonyl (C=O) groups is 2. The van der Waals surface area contributed by atoms with Gasteiger partial charge in [0.05, 0.1) is 11.8 Å². The van der Waals surface area contributed by atoms with Crippen molar-refractivity contribution in [3.8, 4) is 5.75 Å². The number of amides is 2. The number of ether oxygens (including phenoxy) is 2. The van der Waals surface area contributed by atoms with E-state index in [1.807, 2.05) is 25.1 Å². The van der Waals surface area contributed by atoms with Crippen molar-refractivity contribution in [1.29, 1.82) is 0 Å². The molecule has 2 aliphatic rings. The quantitative estimate of drug-likeness (QED) is 0.710. The molecule has 2 aromatic rings. The molecule has 2 unspecified atom stereocenters. The van der Waals surface area contributed by atoms with Crippen LogP contribution in [0.4, 0.5) is 10.1 Å². The number of carbonyl (C=O) groups excluding carboxylic acids is 2. The molecule has 6 nitrogen and oxygen atoms in total. The zero-order valence-electron chi connectivity index (χ0n) is 17.8. The first kappa shape index (κ1) is 21.3. The molecule has 2 aromatic carbocycles. The first-order valence-electron chi connectivity index (χ1n) is 10.6. The number of hydrogen-bond donors (Lipinski definition) is 0. The molecule has 0 aromatic heterocycles. The SMILES string of the molecule is Cc1ccc2c(c1)N(CC(=O)N(Cc1ccccc1F)CC1CCCO1)C(=O)C(C)O2. The van der Waals surface area contributed by atoms with Crippen LogP contribution in [0.5, 0.6) is 5.75 Å². The third-order valence-corrected chi connectivity index (χ3v) is 5.74. The number of halogens is 1. The normalized spacial score (nSPS) is 20.4. The van der Waals surface area contributed by atoms with Gasteiger partial charge in [-0.1, -0.05) is 24.3 Å². The number of rotatable bonds is 6. The van der Waals surface area contributed by atoms with Crippen LogP contribution in [-0.2, 0) is 20.9 Å². The second-order valence-corrected chi connectivity index (χ2v) is 8.16. The Bertz CT molecular complexity index is 974. The molecule has 0 radical (unpaired) electrons. The molecule has 0 aliphatic carbocycles. The number of fused-ring (bicyclic) bond motifs is 1. The van der Waals surface area contributed by atoms with E-state index in [2.05, 4.69) is 0 Å². The van der Waals surface area contributed by atoms with Crippen LogP contribution in [0.3, 0.4) is 0 Å². The number of benzene rings is 2. The number of anilines is 1. The lowest BCUT2D eigenvalue weighted by Crippen LogP contribution is -2.50. The minimum Gasteiger partial charge on any atom is -0.479 e. The van der Waals surface area contributed by atoms with Gasteiger partial charge < -0.3 is 14.4 Å². The molecule has 31 heavy (non-hydrogen) atoms. The fourth-order valence-corrected chi connectivity index (χ4v) is 4.04. The van der Waals surface area contributed by atoms with Crippen molar-refractivity contribution in [3.63, 3.8) is 0 Å². The summed E-state index contributed by atoms with van der Waals surface area (Å²) in [6.07, 6.45) is 1.04. The van der Waals surface area contributed by atoms with E-state index in [9.17, 15) is 14.0 Å². The van der Waals surface area contributed by atoms with Gasteiger partial charge in [-0.3, -0.25) is 14.5 Å². The molecule has 2 amide bonds. The van der Waals surface area contributed by atoms with Crippen LogP contribution in [0, 0.1) is 12.7 Å². The Morgan fingerprint density at radius 2 is 2.06 bits per heavy atom. The molecule has 2 atom stereocenters. The zero-order chi connectivity index (χ0) is 22.0. The highest BCUT2D eigenvalue weighted by atomic mass is 19.1. The van der Waals surface area contributed by atoms with Crippen LogP contribution in [0.25, 0.3) is 0 Å². The van der Waals surface area contributed by atoms with Crippen LogP contribution in [-0.4, -0.2) is 48.6 Å². The Labute approximate surface area is 181 Å². The Balaban J connectivity index is 1.58. The minimum atomic E-state index is -0.679. The summed E-state index contributed by atoms with van der Waals surface area (Å²) in [6, 6.07) is 12.0. The Kier molecular flexibility index (Phi) is 6.23. The lowest BCUT2D eigenvalue weighted by Gasteiger charge is -2.34. The molecule has 0 saturated carbocycles. The van der Waals surface area contributed by atoms with Gasteiger partial charge in [0.15, 0.2) is 6.10 Å². The van der Waals surface area contributed by atoms with Gasteiger partial charge in [-0.05, 0) is 50.5 Å². The fraction of sp³-hybridized carbons (Fsp3) is 0.417. The van der Waals surface area contributed by atoms with E-state index >= 15 is 0 Å². The number of nitrogens with zero attached hydrogens (tertiary/aromatic N) is 2. The standard InChI is InChI=1S/C24H27FN2O4/c1-16-9-10-22-21(12-16)27(24(29)17(2)31-22)15-23(28)26(14-19-7-5-11-30-19)13-18-6-3-4-8-20(18)25/h3-4,6,8-10,12,17,19H,5,7,11,13-15H2,1-2H3. The molecule has 2 heterocycles. The Morgan fingerprint density at radius 1 is 1.26 bits per heavy atom. The van der Waals surface area contributed by atoms with Crippen molar-refractivity contribution in [1.82, 2.24) is 4.90 Å². The summed E-state index contributed by atoms with van der Waals surface area (Å²) in [5.41, 5.74) is 1.98. The fourth-order valence-electron chi connectivity index (χ4n) is 4.04. The van der Waals surface area contributed by atoms with E-state index < -0.39 is 6.10 Å². The van der Waals surface area contributed by atoms with Crippen molar-refractivity contribution < 1.29 is 23.5 Å². The van der Waals surface area contributed by atoms with Crippen LogP contribution < -0.4 is 9.64 Å². The molecular formula is C24H27FN2O4. The first-order valence-corrected chi connectivity index (χ1v) is 10.6. The van der Waals surface area contributed by atoms with Crippen LogP contribution in [0.1, 0.15) is 30.9 Å². The van der Waals surface area contributed by atoms with Crippen LogP contribution in [0.2, 0.25) is 0 Å². The van der Waals surface area contributed by atoms with Gasteiger partial charge in [-0.15, -0.1) is 0 Å². The van der Waals surface area contributed by atoms with Gasteiger partial charge in [-0.2, -0.15) is 0 Å². The van der Waals surface area contributed by atoms with Gasteiger partial charge in [0.25, 0.3) is 5.91 Å². The highest BCUT2D eigenvalue weighted by Gasteiger charge is 2.34. The highest BCUT2D eigenvalue weighted by molar-refractivity contribution is 6.03. The topological polar surface area (TPSA) is 59.1 Å². The first-order chi connectivity index (χ1) is 14.9. The highest BCUT2D eigenvalue weighted by Crippen LogP contribution is 2.35. The summed E-state index contributed by atoms with van der Waals surface area (Å²) in [7, 11) is 0. The summed E-state index contributed by atoms with van der Waals surface area (Å²) in [6.45, 7) is 4.61. The van der Waals surface area contributed by atoms with Crippen molar-refractivity contribution in [2.75, 3.05) is 24.6 Å². The molecule has 0 bridgehead atoms. The summed E-state index contributed by atoms with van der Waals surface area (Å²) in [5, 5.41) is 0. The molecule has 0 spiro atoms. The summed E-state index contributed by atoms with van der Waals surface area (Å²) >= 11 is 0. The smallest absolute Gasteiger partial charge is 0.268 e. The van der Waals surface area contributed by atoms with Gasteiger partial charge in [-0.25, -0.2) is 4.39 Å². The molecule has 2 aliphatic heterocycles. The molecule has 1 saturated heterocycles. The van der Waals surface area contributed by atoms with E-state index in [-0.39, 0.29) is 36.8 Å². The van der Waals surface area contributed by atoms with Gasteiger partial charge in [0.1, 0.15) is 18.1 Å². The maximum absolute atomic E-state index is 14.3. The van der Waals surface area contributed by atoms with Gasteiger partial charge in [0, 0.05) is 25.3 Å². The molecule has 7 heteroatoms.